The van der Waals surface area contributed by atoms with Gasteiger partial charge < -0.3 is 10.5 Å². The van der Waals surface area contributed by atoms with Gasteiger partial charge in [0, 0.05) is 27.7 Å². The Morgan fingerprint density at radius 3 is 2.56 bits per heavy atom. The van der Waals surface area contributed by atoms with Crippen molar-refractivity contribution in [1.82, 2.24) is 4.98 Å². The Balaban J connectivity index is 2.16. The van der Waals surface area contributed by atoms with Crippen molar-refractivity contribution in [3.05, 3.63) is 42.6 Å². The zero-order valence-electron chi connectivity index (χ0n) is 8.88. The number of hydrogen-bond acceptors (Lipinski definition) is 4. The van der Waals surface area contributed by atoms with Crippen LogP contribution in [0.2, 0.25) is 0 Å². The topological polar surface area (TPSA) is 48.1 Å². The summed E-state index contributed by atoms with van der Waals surface area (Å²) in [6.45, 7) is 0. The molecule has 2 N–H and O–H groups in total. The Labute approximate surface area is 98.6 Å². The number of nitrogens with two attached hydrogens (primary N) is 1. The number of nitrogen functional groups attached to an aromatic ring is 1. The minimum atomic E-state index is 0.625. The van der Waals surface area contributed by atoms with E-state index < -0.39 is 0 Å². The Bertz CT molecular complexity index is 471. The lowest BCUT2D eigenvalue weighted by Crippen LogP contribution is -1.86. The van der Waals surface area contributed by atoms with E-state index in [9.17, 15) is 0 Å². The van der Waals surface area contributed by atoms with E-state index in [1.807, 2.05) is 36.4 Å². The third kappa shape index (κ3) is 2.67. The summed E-state index contributed by atoms with van der Waals surface area (Å²) in [6.07, 6.45) is 1.73. The second kappa shape index (κ2) is 4.90. The highest BCUT2D eigenvalue weighted by Crippen LogP contribution is 2.29. The van der Waals surface area contributed by atoms with Crippen LogP contribution in [-0.2, 0) is 0 Å². The first kappa shape index (κ1) is 10.8. The smallest absolute Gasteiger partial charge is 0.214 e. The molecule has 1 heterocycles. The minimum Gasteiger partial charge on any atom is -0.481 e. The van der Waals surface area contributed by atoms with E-state index in [0.717, 1.165) is 15.5 Å². The largest absolute Gasteiger partial charge is 0.481 e. The number of hydrogen-bond donors (Lipinski definition) is 1. The van der Waals surface area contributed by atoms with E-state index in [1.54, 1.807) is 25.1 Å². The summed E-state index contributed by atoms with van der Waals surface area (Å²) in [5.74, 6) is 0.625. The molecule has 0 bridgehead atoms. The van der Waals surface area contributed by atoms with Gasteiger partial charge >= 0.3 is 0 Å². The number of aromatic nitrogens is 1. The molecule has 2 aromatic rings. The van der Waals surface area contributed by atoms with Gasteiger partial charge in [-0.1, -0.05) is 11.8 Å². The molecule has 0 fully saturated rings. The highest BCUT2D eigenvalue weighted by Gasteiger charge is 1.99. The average Bonchev–Trinajstić information content (AvgIpc) is 2.32. The highest BCUT2D eigenvalue weighted by molar-refractivity contribution is 7.99. The molecular formula is C12H12N2OS. The number of ether oxygens (including phenoxy) is 1. The van der Waals surface area contributed by atoms with Crippen molar-refractivity contribution in [2.24, 2.45) is 0 Å². The minimum absolute atomic E-state index is 0.625. The molecule has 82 valence electrons. The van der Waals surface area contributed by atoms with Crippen LogP contribution in [0.25, 0.3) is 0 Å². The molecule has 0 saturated heterocycles. The molecule has 4 heteroatoms. The summed E-state index contributed by atoms with van der Waals surface area (Å²) in [5, 5.41) is 0. The Hall–Kier alpha value is -1.68. The molecule has 0 atom stereocenters. The van der Waals surface area contributed by atoms with Crippen molar-refractivity contribution in [2.75, 3.05) is 12.8 Å². The van der Waals surface area contributed by atoms with Crippen molar-refractivity contribution < 1.29 is 4.74 Å². The van der Waals surface area contributed by atoms with Gasteiger partial charge in [0.1, 0.15) is 0 Å². The van der Waals surface area contributed by atoms with Gasteiger partial charge in [-0.25, -0.2) is 4.98 Å². The lowest BCUT2D eigenvalue weighted by molar-refractivity contribution is 0.396. The molecule has 1 aromatic carbocycles. The van der Waals surface area contributed by atoms with Gasteiger partial charge in [-0.2, -0.15) is 0 Å². The Morgan fingerprint density at radius 2 is 1.88 bits per heavy atom. The predicted octanol–water partition coefficient (Wildman–Crippen LogP) is 2.82. The Kier molecular flexibility index (Phi) is 3.31. The van der Waals surface area contributed by atoms with Gasteiger partial charge in [-0.05, 0) is 30.3 Å². The fourth-order valence-corrected chi connectivity index (χ4v) is 2.07. The van der Waals surface area contributed by atoms with Crippen molar-refractivity contribution in [1.29, 1.82) is 0 Å². The molecule has 0 radical (unpaired) electrons. The number of benzene rings is 1. The molecule has 3 nitrogen and oxygen atoms in total. The van der Waals surface area contributed by atoms with Crippen LogP contribution in [0.15, 0.2) is 52.4 Å². The number of anilines is 1. The highest BCUT2D eigenvalue weighted by atomic mass is 32.2. The molecule has 0 unspecified atom stereocenters. The predicted molar refractivity (Wildman–Crippen MR) is 65.8 cm³/mol. The number of rotatable bonds is 3. The third-order valence-corrected chi connectivity index (χ3v) is 3.03. The van der Waals surface area contributed by atoms with Gasteiger partial charge in [-0.15, -0.1) is 0 Å². The standard InChI is InChI=1S/C12H12N2OS/c1-15-12-8-11(6-7-14-12)16-10-4-2-9(13)3-5-10/h2-8H,13H2,1H3. The summed E-state index contributed by atoms with van der Waals surface area (Å²) in [4.78, 5) is 6.29. The van der Waals surface area contributed by atoms with Gasteiger partial charge in [0.2, 0.25) is 5.88 Å². The zero-order chi connectivity index (χ0) is 11.4. The maximum Gasteiger partial charge on any atom is 0.214 e. The molecule has 1 aromatic heterocycles. The van der Waals surface area contributed by atoms with Gasteiger partial charge in [0.05, 0.1) is 7.11 Å². The lowest BCUT2D eigenvalue weighted by Gasteiger charge is -2.03. The SMILES string of the molecule is COc1cc(Sc2ccc(N)cc2)ccn1. The van der Waals surface area contributed by atoms with E-state index >= 15 is 0 Å². The second-order valence-corrected chi connectivity index (χ2v) is 4.35. The van der Waals surface area contributed by atoms with Gasteiger partial charge in [0.25, 0.3) is 0 Å². The van der Waals surface area contributed by atoms with Crippen molar-refractivity contribution >= 4 is 17.4 Å². The summed E-state index contributed by atoms with van der Waals surface area (Å²) >= 11 is 1.65. The van der Waals surface area contributed by atoms with Crippen molar-refractivity contribution in [3.63, 3.8) is 0 Å². The average molecular weight is 232 g/mol. The van der Waals surface area contributed by atoms with Crippen molar-refractivity contribution in [2.45, 2.75) is 9.79 Å². The fourth-order valence-electron chi connectivity index (χ4n) is 1.24. The maximum absolute atomic E-state index is 5.63. The van der Waals surface area contributed by atoms with Crippen molar-refractivity contribution in [3.8, 4) is 5.88 Å². The molecule has 0 aliphatic rings. The molecule has 0 spiro atoms. The van der Waals surface area contributed by atoms with Crippen LogP contribution in [-0.4, -0.2) is 12.1 Å². The first-order valence-corrected chi connectivity index (χ1v) is 5.63. The number of nitrogens with zero attached hydrogens (tertiary/aromatic N) is 1. The van der Waals surface area contributed by atoms with Crippen LogP contribution in [0.1, 0.15) is 0 Å². The molecule has 16 heavy (non-hydrogen) atoms. The van der Waals surface area contributed by atoms with Crippen LogP contribution in [0.5, 0.6) is 5.88 Å². The first-order valence-electron chi connectivity index (χ1n) is 4.81. The van der Waals surface area contributed by atoms with Crippen LogP contribution in [0, 0.1) is 0 Å². The van der Waals surface area contributed by atoms with Crippen LogP contribution in [0.4, 0.5) is 5.69 Å². The normalized spacial score (nSPS) is 10.1. The molecule has 0 saturated carbocycles. The Morgan fingerprint density at radius 1 is 1.12 bits per heavy atom. The van der Waals surface area contributed by atoms with E-state index in [2.05, 4.69) is 4.98 Å². The fraction of sp³-hybridized carbons (Fsp3) is 0.0833. The van der Waals surface area contributed by atoms with Gasteiger partial charge in [0.15, 0.2) is 0 Å². The molecule has 0 amide bonds. The molecule has 0 aliphatic carbocycles. The van der Waals surface area contributed by atoms with E-state index in [1.165, 1.54) is 0 Å². The summed E-state index contributed by atoms with van der Waals surface area (Å²) < 4.78 is 5.07. The molecule has 2 rings (SSSR count). The van der Waals surface area contributed by atoms with Crippen LogP contribution in [0.3, 0.4) is 0 Å². The van der Waals surface area contributed by atoms with Crippen LogP contribution >= 0.6 is 11.8 Å². The number of pyridine rings is 1. The maximum atomic E-state index is 5.63. The summed E-state index contributed by atoms with van der Waals surface area (Å²) in [5.41, 5.74) is 6.40. The lowest BCUT2D eigenvalue weighted by atomic mass is 10.3. The third-order valence-electron chi connectivity index (χ3n) is 2.03. The van der Waals surface area contributed by atoms with Crippen LogP contribution < -0.4 is 10.5 Å². The monoisotopic (exact) mass is 232 g/mol. The molecule has 0 aliphatic heterocycles. The summed E-state index contributed by atoms with van der Waals surface area (Å²) in [7, 11) is 1.61. The molecular weight excluding hydrogens is 220 g/mol. The second-order valence-electron chi connectivity index (χ2n) is 3.21. The van der Waals surface area contributed by atoms with E-state index in [4.69, 9.17) is 10.5 Å². The quantitative estimate of drug-likeness (QED) is 0.827. The zero-order valence-corrected chi connectivity index (χ0v) is 9.70. The van der Waals surface area contributed by atoms with E-state index in [0.29, 0.717) is 5.88 Å². The first-order chi connectivity index (χ1) is 7.78. The summed E-state index contributed by atoms with van der Waals surface area (Å²) in [6, 6.07) is 11.6. The number of methoxy groups -OCH3 is 1. The van der Waals surface area contributed by atoms with E-state index in [-0.39, 0.29) is 0 Å². The van der Waals surface area contributed by atoms with Gasteiger partial charge in [-0.3, -0.25) is 0 Å².